The van der Waals surface area contributed by atoms with Crippen LogP contribution in [0.15, 0.2) is 175 Å². The van der Waals surface area contributed by atoms with Crippen molar-refractivity contribution in [3.8, 4) is 21.7 Å². The first-order chi connectivity index (χ1) is 33.8. The molecular weight excluding hydrogens is 895 g/mol. The fourth-order valence-electron chi connectivity index (χ4n) is 8.46. The highest BCUT2D eigenvalue weighted by Crippen LogP contribution is 2.40. The van der Waals surface area contributed by atoms with Crippen molar-refractivity contribution in [2.24, 2.45) is 16.8 Å². The molecule has 3 atom stereocenters. The highest BCUT2D eigenvalue weighted by molar-refractivity contribution is 7.16. The summed E-state index contributed by atoms with van der Waals surface area (Å²) in [6.45, 7) is 35.0. The van der Waals surface area contributed by atoms with Crippen LogP contribution in [0.1, 0.15) is 136 Å². The minimum absolute atomic E-state index is 0.0808. The predicted molar refractivity (Wildman–Crippen MR) is 307 cm³/mol. The predicted octanol–water partition coefficient (Wildman–Crippen LogP) is 19.2. The number of benzene rings is 3. The van der Waals surface area contributed by atoms with Gasteiger partial charge in [-0.25, -0.2) is 8.78 Å². The molecule has 2 aliphatic heterocycles. The Kier molecular flexibility index (Phi) is 24.6. The summed E-state index contributed by atoms with van der Waals surface area (Å²) in [5, 5.41) is 0. The standard InChI is InChI=1S/C18H16F2S.C15H21N.C15H19N.C6H9N.C6H7N.2C2H6/c1-11-3-5-13(15(19)9-11)17-7-8-18(21-17)14-6-4-12(2)10-16(14)20;2*1-12-10-11-14(16(12)15(2,3)4)13-8-6-5-7-9-13;2*1-6-3-2-4-7-5-6;2*1-2/h3-9,12H,10H2,1-2H3;5-10,14H,11H2,1-4H3;5-11H,1-4H3;2-4,6H,5H2,1H3;2-5H,1H3;2*1-2H3. The molecule has 0 saturated heterocycles. The van der Waals surface area contributed by atoms with Crippen molar-refractivity contribution in [2.75, 3.05) is 6.54 Å². The number of aromatic nitrogens is 2. The number of halogens is 2. The van der Waals surface area contributed by atoms with E-state index in [1.54, 1.807) is 12.3 Å². The Hall–Kier alpha value is -5.92. The third-order valence-electron chi connectivity index (χ3n) is 11.5. The molecule has 1 aliphatic carbocycles. The first-order valence-electron chi connectivity index (χ1n) is 25.6. The summed E-state index contributed by atoms with van der Waals surface area (Å²) >= 11 is 1.43. The Morgan fingerprint density at radius 3 is 1.82 bits per heavy atom. The molecule has 3 aliphatic rings. The van der Waals surface area contributed by atoms with Crippen molar-refractivity contribution in [2.45, 2.75) is 141 Å². The van der Waals surface area contributed by atoms with Gasteiger partial charge in [-0.2, -0.15) is 0 Å². The van der Waals surface area contributed by atoms with Gasteiger partial charge >= 0.3 is 0 Å². The van der Waals surface area contributed by atoms with Crippen LogP contribution in [0.2, 0.25) is 0 Å². The molecule has 7 heteroatoms. The van der Waals surface area contributed by atoms with Gasteiger partial charge in [0.2, 0.25) is 0 Å². The Bertz CT molecular complexity index is 2620. The third kappa shape index (κ3) is 18.6. The molecule has 3 unspecified atom stereocenters. The number of aliphatic imine (C=N–C) groups is 1. The lowest BCUT2D eigenvalue weighted by atomic mass is 9.96. The Morgan fingerprint density at radius 2 is 1.31 bits per heavy atom. The zero-order chi connectivity index (χ0) is 52.7. The van der Waals surface area contributed by atoms with E-state index in [1.165, 1.54) is 51.2 Å². The molecule has 0 saturated carbocycles. The van der Waals surface area contributed by atoms with Crippen molar-refractivity contribution in [3.05, 3.63) is 203 Å². The van der Waals surface area contributed by atoms with E-state index >= 15 is 0 Å². The van der Waals surface area contributed by atoms with Crippen molar-refractivity contribution in [3.63, 3.8) is 0 Å². The topological polar surface area (TPSA) is 33.4 Å². The van der Waals surface area contributed by atoms with E-state index < -0.39 is 0 Å². The van der Waals surface area contributed by atoms with Gasteiger partial charge in [0.05, 0.1) is 6.04 Å². The molecule has 3 aromatic carbocycles. The monoisotopic (exact) mass is 979 g/mol. The van der Waals surface area contributed by atoms with Crippen molar-refractivity contribution in [1.29, 1.82) is 0 Å². The van der Waals surface area contributed by atoms with Crippen molar-refractivity contribution < 1.29 is 8.78 Å². The summed E-state index contributed by atoms with van der Waals surface area (Å²) in [5.41, 5.74) is 10.3. The van der Waals surface area contributed by atoms with E-state index in [9.17, 15) is 8.78 Å². The normalized spacial score (nSPS) is 16.7. The minimum atomic E-state index is -0.231. The number of allylic oxidation sites excluding steroid dienone is 6. The summed E-state index contributed by atoms with van der Waals surface area (Å²) in [6.07, 6.45) is 17.4. The van der Waals surface area contributed by atoms with E-state index in [2.05, 4.69) is 167 Å². The minimum Gasteiger partial charge on any atom is -0.363 e. The van der Waals surface area contributed by atoms with Gasteiger partial charge in [0.25, 0.3) is 0 Å². The first kappa shape index (κ1) is 59.4. The average Bonchev–Trinajstić information content (AvgIpc) is 4.11. The van der Waals surface area contributed by atoms with E-state index in [0.717, 1.165) is 28.3 Å². The number of thiophene rings is 1. The molecule has 0 radical (unpaired) electrons. The molecule has 0 bridgehead atoms. The smallest absolute Gasteiger partial charge is 0.132 e. The Balaban J connectivity index is 0.000000242. The number of pyridine rings is 1. The largest absolute Gasteiger partial charge is 0.363 e. The van der Waals surface area contributed by atoms with Crippen LogP contribution in [0.4, 0.5) is 8.78 Å². The third-order valence-corrected chi connectivity index (χ3v) is 12.7. The van der Waals surface area contributed by atoms with Crippen molar-refractivity contribution >= 4 is 23.1 Å². The number of hydrogen-bond donors (Lipinski definition) is 0. The summed E-state index contributed by atoms with van der Waals surface area (Å²) in [5.74, 6) is 0.584. The summed E-state index contributed by atoms with van der Waals surface area (Å²) in [7, 11) is 0. The highest BCUT2D eigenvalue weighted by atomic mass is 32.1. The summed E-state index contributed by atoms with van der Waals surface area (Å²) in [6, 6.07) is 39.1. The molecule has 71 heavy (non-hydrogen) atoms. The van der Waals surface area contributed by atoms with Crippen LogP contribution in [0.5, 0.6) is 0 Å². The van der Waals surface area contributed by atoms with Crippen LogP contribution in [0.3, 0.4) is 0 Å². The van der Waals surface area contributed by atoms with E-state index in [4.69, 9.17) is 0 Å². The molecule has 6 aromatic rings. The summed E-state index contributed by atoms with van der Waals surface area (Å²) in [4.78, 5) is 12.1. The number of rotatable bonds is 4. The Labute approximate surface area is 432 Å². The van der Waals surface area contributed by atoms with Crippen LogP contribution < -0.4 is 0 Å². The summed E-state index contributed by atoms with van der Waals surface area (Å²) < 4.78 is 30.5. The highest BCUT2D eigenvalue weighted by Gasteiger charge is 2.33. The van der Waals surface area contributed by atoms with E-state index in [0.29, 0.717) is 29.5 Å². The SMILES string of the molecule is CC.CC.CC1=CCC(c2ccccc2)N1C(C)(C)C.CC1C=CC=NC1.Cc1ccc(-c2ccc(C3=C(F)CC(C)C=C3)s2)c(F)c1.Cc1ccc(-c2ccccc2)n1C(C)(C)C.Cc1cccnc1. The van der Waals surface area contributed by atoms with Gasteiger partial charge < -0.3 is 9.47 Å². The van der Waals surface area contributed by atoms with E-state index in [-0.39, 0.29) is 28.6 Å². The molecule has 3 aromatic heterocycles. The van der Waals surface area contributed by atoms with Gasteiger partial charge in [0.15, 0.2) is 0 Å². The zero-order valence-electron chi connectivity index (χ0n) is 45.9. The molecular formula is C64H84F2N4S. The number of dihydropyridines is 1. The van der Waals surface area contributed by atoms with Crippen LogP contribution >= 0.6 is 11.3 Å². The first-order valence-corrected chi connectivity index (χ1v) is 26.4. The van der Waals surface area contributed by atoms with Crippen LogP contribution in [-0.2, 0) is 5.54 Å². The lowest BCUT2D eigenvalue weighted by Gasteiger charge is -2.41. The van der Waals surface area contributed by atoms with Crippen LogP contribution in [0.25, 0.3) is 27.3 Å². The van der Waals surface area contributed by atoms with Crippen molar-refractivity contribution in [1.82, 2.24) is 14.5 Å². The van der Waals surface area contributed by atoms with E-state index in [1.807, 2.05) is 109 Å². The average molecular weight is 979 g/mol. The molecule has 0 N–H and O–H groups in total. The fraction of sp³-hybridized carbons (Fsp3) is 0.375. The van der Waals surface area contributed by atoms with Crippen LogP contribution in [0, 0.1) is 38.4 Å². The van der Waals surface area contributed by atoms with Gasteiger partial charge in [-0.3, -0.25) is 9.98 Å². The molecule has 0 spiro atoms. The number of aryl methyl sites for hydroxylation is 3. The van der Waals surface area contributed by atoms with Gasteiger partial charge in [0, 0.05) is 80.6 Å². The molecule has 5 heterocycles. The molecule has 380 valence electrons. The molecule has 4 nitrogen and oxygen atoms in total. The van der Waals surface area contributed by atoms with Crippen LogP contribution in [-0.4, -0.2) is 32.7 Å². The maximum absolute atomic E-state index is 14.1. The second kappa shape index (κ2) is 29.4. The zero-order valence-corrected chi connectivity index (χ0v) is 46.7. The lowest BCUT2D eigenvalue weighted by Crippen LogP contribution is -2.40. The van der Waals surface area contributed by atoms with Gasteiger partial charge in [-0.1, -0.05) is 145 Å². The number of nitrogens with zero attached hydrogens (tertiary/aromatic N) is 4. The Morgan fingerprint density at radius 1 is 0.662 bits per heavy atom. The quantitative estimate of drug-likeness (QED) is 0.176. The molecule has 0 amide bonds. The fourth-order valence-corrected chi connectivity index (χ4v) is 9.54. The lowest BCUT2D eigenvalue weighted by molar-refractivity contribution is 0.144. The maximum Gasteiger partial charge on any atom is 0.132 e. The van der Waals surface area contributed by atoms with Gasteiger partial charge in [-0.05, 0) is 152 Å². The van der Waals surface area contributed by atoms with Gasteiger partial charge in [-0.15, -0.1) is 11.3 Å². The second-order valence-electron chi connectivity index (χ2n) is 19.7. The maximum atomic E-state index is 14.1. The number of hydrogen-bond acceptors (Lipinski definition) is 4. The molecule has 9 rings (SSSR count). The van der Waals surface area contributed by atoms with Gasteiger partial charge in [0.1, 0.15) is 11.6 Å². The second-order valence-corrected chi connectivity index (χ2v) is 20.8. The molecule has 0 fully saturated rings.